The second kappa shape index (κ2) is 4.47. The Morgan fingerprint density at radius 3 is 2.95 bits per heavy atom. The maximum atomic E-state index is 13.3. The number of pyridine rings is 1. The second-order valence-corrected chi connectivity index (χ2v) is 5.44. The van der Waals surface area contributed by atoms with Crippen molar-refractivity contribution < 1.29 is 23.0 Å². The largest absolute Gasteiger partial charge is 0.423 e. The van der Waals surface area contributed by atoms with Crippen molar-refractivity contribution in [2.24, 2.45) is 0 Å². The third-order valence-corrected chi connectivity index (χ3v) is 3.97. The molecule has 3 heterocycles. The van der Waals surface area contributed by atoms with Crippen LogP contribution in [0.3, 0.4) is 0 Å². The molecule has 2 aliphatic rings. The van der Waals surface area contributed by atoms with Gasteiger partial charge in [0.15, 0.2) is 0 Å². The number of halogens is 4. The molecule has 1 N–H and O–H groups in total. The van der Waals surface area contributed by atoms with E-state index in [-0.39, 0.29) is 23.0 Å². The number of anilines is 1. The van der Waals surface area contributed by atoms with Gasteiger partial charge >= 0.3 is 6.18 Å². The van der Waals surface area contributed by atoms with Gasteiger partial charge in [0, 0.05) is 19.2 Å². The number of hydrogen-bond acceptors (Lipinski definition) is 4. The summed E-state index contributed by atoms with van der Waals surface area (Å²) in [6.45, 7) is 1.02. The number of morpholine rings is 1. The van der Waals surface area contributed by atoms with E-state index in [1.807, 2.05) is 0 Å². The molecule has 0 saturated carbocycles. The summed E-state index contributed by atoms with van der Waals surface area (Å²) in [6.07, 6.45) is -4.16. The van der Waals surface area contributed by atoms with Gasteiger partial charge in [-0.25, -0.2) is 0 Å². The van der Waals surface area contributed by atoms with Crippen molar-refractivity contribution in [2.45, 2.75) is 24.2 Å². The average molecular weight is 309 g/mol. The van der Waals surface area contributed by atoms with Gasteiger partial charge in [0.25, 0.3) is 0 Å². The number of hydrogen-bond donors (Lipinski definition) is 1. The first kappa shape index (κ1) is 13.9. The second-order valence-electron chi connectivity index (χ2n) is 5.01. The van der Waals surface area contributed by atoms with E-state index < -0.39 is 24.2 Å². The smallest absolute Gasteiger partial charge is 0.377 e. The summed E-state index contributed by atoms with van der Waals surface area (Å²) < 4.78 is 45.1. The quantitative estimate of drug-likeness (QED) is 0.797. The predicted molar refractivity (Wildman–Crippen MR) is 65.8 cm³/mol. The zero-order valence-corrected chi connectivity index (χ0v) is 11.1. The molecule has 2 atom stereocenters. The highest BCUT2D eigenvalue weighted by Gasteiger charge is 2.61. The molecular weight excluding hydrogens is 297 g/mol. The molecule has 1 aromatic rings. The molecule has 110 valence electrons. The third-order valence-electron chi connectivity index (χ3n) is 3.76. The van der Waals surface area contributed by atoms with Gasteiger partial charge in [-0.05, 0) is 6.07 Å². The first-order chi connectivity index (χ1) is 9.33. The molecule has 1 saturated heterocycles. The summed E-state index contributed by atoms with van der Waals surface area (Å²) in [6, 6.07) is 0.876. The minimum Gasteiger partial charge on any atom is -0.377 e. The van der Waals surface area contributed by atoms with Gasteiger partial charge in [-0.2, -0.15) is 13.2 Å². The average Bonchev–Trinajstić information content (AvgIpc) is 2.37. The monoisotopic (exact) mass is 308 g/mol. The van der Waals surface area contributed by atoms with Crippen LogP contribution in [0.2, 0.25) is 5.02 Å². The molecule has 1 fully saturated rings. The molecule has 0 amide bonds. The van der Waals surface area contributed by atoms with Gasteiger partial charge in [0.1, 0.15) is 5.69 Å². The lowest BCUT2D eigenvalue weighted by molar-refractivity contribution is -0.274. The van der Waals surface area contributed by atoms with Crippen molar-refractivity contribution in [3.05, 3.63) is 23.0 Å². The van der Waals surface area contributed by atoms with E-state index in [0.717, 1.165) is 6.20 Å². The van der Waals surface area contributed by atoms with Crippen LogP contribution in [0.15, 0.2) is 12.3 Å². The van der Waals surface area contributed by atoms with E-state index in [4.69, 9.17) is 16.3 Å². The van der Waals surface area contributed by atoms with E-state index in [2.05, 4.69) is 4.98 Å². The Morgan fingerprint density at radius 1 is 1.50 bits per heavy atom. The van der Waals surface area contributed by atoms with Crippen molar-refractivity contribution in [3.63, 3.8) is 0 Å². The fraction of sp³-hybridized carbons (Fsp3) is 0.583. The van der Waals surface area contributed by atoms with Gasteiger partial charge < -0.3 is 14.7 Å². The van der Waals surface area contributed by atoms with Crippen LogP contribution < -0.4 is 4.90 Å². The van der Waals surface area contributed by atoms with Crippen molar-refractivity contribution in [1.82, 2.24) is 4.98 Å². The van der Waals surface area contributed by atoms with Crippen LogP contribution in [0.5, 0.6) is 0 Å². The minimum absolute atomic E-state index is 0.143. The number of fused-ring (bicyclic) bond motifs is 3. The number of nitrogens with zero attached hydrogens (tertiary/aromatic N) is 2. The molecule has 8 heteroatoms. The zero-order valence-electron chi connectivity index (χ0n) is 10.3. The Kier molecular flexibility index (Phi) is 3.11. The Morgan fingerprint density at radius 2 is 2.25 bits per heavy atom. The van der Waals surface area contributed by atoms with Gasteiger partial charge in [-0.1, -0.05) is 11.6 Å². The minimum atomic E-state index is -4.80. The molecule has 20 heavy (non-hydrogen) atoms. The third kappa shape index (κ3) is 1.96. The van der Waals surface area contributed by atoms with Crippen LogP contribution in [0.1, 0.15) is 12.1 Å². The number of rotatable bonds is 0. The number of ether oxygens (including phenoxy) is 1. The molecule has 2 aliphatic heterocycles. The zero-order chi connectivity index (χ0) is 14.5. The summed E-state index contributed by atoms with van der Waals surface area (Å²) >= 11 is 5.83. The molecule has 3 rings (SSSR count). The molecule has 1 aromatic heterocycles. The Balaban J connectivity index is 2.17. The maximum Gasteiger partial charge on any atom is 0.423 e. The number of alkyl halides is 3. The predicted octanol–water partition coefficient (Wildman–Crippen LogP) is 2.09. The van der Waals surface area contributed by atoms with Gasteiger partial charge in [0.2, 0.25) is 5.60 Å². The number of aromatic nitrogens is 1. The molecule has 0 bridgehead atoms. The molecular formula is C12H12ClF3N2O2. The standard InChI is InChI=1S/C12H12ClF3N2O2/c13-7-3-9-10(17-5-7)11(19,12(14,15)16)4-8-6-20-2-1-18(8)9/h3,5,8,19H,1-2,4,6H2/t8-,11+/m1/s1. The molecule has 0 unspecified atom stereocenters. The molecule has 0 aromatic carbocycles. The summed E-state index contributed by atoms with van der Waals surface area (Å²) in [5, 5.41) is 10.4. The summed E-state index contributed by atoms with van der Waals surface area (Å²) in [5.41, 5.74) is -3.11. The molecule has 4 nitrogen and oxygen atoms in total. The van der Waals surface area contributed by atoms with E-state index in [9.17, 15) is 18.3 Å². The van der Waals surface area contributed by atoms with E-state index in [1.54, 1.807) is 4.90 Å². The molecule has 0 aliphatic carbocycles. The van der Waals surface area contributed by atoms with Gasteiger partial charge in [-0.15, -0.1) is 0 Å². The van der Waals surface area contributed by atoms with E-state index in [0.29, 0.717) is 13.2 Å². The van der Waals surface area contributed by atoms with Gasteiger partial charge in [-0.3, -0.25) is 4.98 Å². The van der Waals surface area contributed by atoms with Gasteiger partial charge in [0.05, 0.1) is 30.0 Å². The van der Waals surface area contributed by atoms with E-state index in [1.165, 1.54) is 6.07 Å². The maximum absolute atomic E-state index is 13.3. The first-order valence-corrected chi connectivity index (χ1v) is 6.50. The number of aliphatic hydroxyl groups is 1. The van der Waals surface area contributed by atoms with Crippen LogP contribution in [0.4, 0.5) is 18.9 Å². The highest BCUT2D eigenvalue weighted by molar-refractivity contribution is 6.30. The molecule has 0 radical (unpaired) electrons. The normalized spacial score (nSPS) is 29.9. The Bertz CT molecular complexity index is 540. The lowest BCUT2D eigenvalue weighted by Crippen LogP contribution is -2.58. The fourth-order valence-electron chi connectivity index (χ4n) is 2.79. The Hall–Kier alpha value is -1.05. The first-order valence-electron chi connectivity index (χ1n) is 6.12. The van der Waals surface area contributed by atoms with Crippen LogP contribution in [-0.4, -0.2) is 42.1 Å². The van der Waals surface area contributed by atoms with Crippen molar-refractivity contribution in [1.29, 1.82) is 0 Å². The van der Waals surface area contributed by atoms with Crippen LogP contribution >= 0.6 is 11.6 Å². The highest BCUT2D eigenvalue weighted by atomic mass is 35.5. The Labute approximate surface area is 118 Å². The summed E-state index contributed by atoms with van der Waals surface area (Å²) in [5.74, 6) is 0. The lowest BCUT2D eigenvalue weighted by atomic mass is 9.84. The van der Waals surface area contributed by atoms with Crippen molar-refractivity contribution in [3.8, 4) is 0 Å². The lowest BCUT2D eigenvalue weighted by Gasteiger charge is -2.47. The van der Waals surface area contributed by atoms with Crippen molar-refractivity contribution in [2.75, 3.05) is 24.7 Å². The van der Waals surface area contributed by atoms with Crippen LogP contribution in [-0.2, 0) is 10.3 Å². The van der Waals surface area contributed by atoms with Crippen LogP contribution in [0, 0.1) is 0 Å². The van der Waals surface area contributed by atoms with E-state index >= 15 is 0 Å². The van der Waals surface area contributed by atoms with Crippen molar-refractivity contribution >= 4 is 17.3 Å². The summed E-state index contributed by atoms with van der Waals surface area (Å²) in [7, 11) is 0. The molecule has 0 spiro atoms. The SMILES string of the molecule is O[C@@]1(C(F)(F)F)C[C@@H]2COCCN2c2cc(Cl)cnc21. The van der Waals surface area contributed by atoms with Crippen LogP contribution in [0.25, 0.3) is 0 Å². The highest BCUT2D eigenvalue weighted by Crippen LogP contribution is 2.49. The summed E-state index contributed by atoms with van der Waals surface area (Å²) in [4.78, 5) is 5.52. The topological polar surface area (TPSA) is 45.6 Å². The fourth-order valence-corrected chi connectivity index (χ4v) is 2.95.